The third-order valence-corrected chi connectivity index (χ3v) is 4.22. The zero-order valence-electron chi connectivity index (χ0n) is 10.4. The molecule has 0 amide bonds. The van der Waals surface area contributed by atoms with Gasteiger partial charge in [-0.25, -0.2) is 9.97 Å². The van der Waals surface area contributed by atoms with Gasteiger partial charge in [-0.05, 0) is 25.3 Å². The van der Waals surface area contributed by atoms with Gasteiger partial charge in [-0.3, -0.25) is 0 Å². The Morgan fingerprint density at radius 2 is 2.05 bits per heavy atom. The largest absolute Gasteiger partial charge is 0.492 e. The van der Waals surface area contributed by atoms with Gasteiger partial charge < -0.3 is 4.74 Å². The summed E-state index contributed by atoms with van der Waals surface area (Å²) in [5.74, 6) is 1.85. The van der Waals surface area contributed by atoms with Crippen LogP contribution in [0.25, 0.3) is 0 Å². The van der Waals surface area contributed by atoms with Crippen LogP contribution in [0.4, 0.5) is 0 Å². The number of ether oxygens (including phenoxy) is 1. The molecule has 0 spiro atoms. The highest BCUT2D eigenvalue weighted by atomic mass is 35.5. The summed E-state index contributed by atoms with van der Waals surface area (Å²) in [5, 5.41) is 0.627. The standard InChI is InChI=1S/C15H13ClN2O/c16-14-10-5-3-6-12(10)17-15(18-14)11-8-19-13-7-2-1-4-9(11)13/h1-2,4,7,11H,3,5-6,8H2. The number of nitrogens with zero attached hydrogens (tertiary/aromatic N) is 2. The molecule has 0 fully saturated rings. The number of fused-ring (bicyclic) bond motifs is 2. The summed E-state index contributed by atoms with van der Waals surface area (Å²) in [6.45, 7) is 0.606. The van der Waals surface area contributed by atoms with Crippen molar-refractivity contribution in [2.45, 2.75) is 25.2 Å². The number of hydrogen-bond acceptors (Lipinski definition) is 3. The first-order valence-corrected chi connectivity index (χ1v) is 6.97. The molecule has 0 saturated carbocycles. The van der Waals surface area contributed by atoms with Gasteiger partial charge in [0, 0.05) is 16.8 Å². The van der Waals surface area contributed by atoms with Gasteiger partial charge in [0.25, 0.3) is 0 Å². The molecule has 96 valence electrons. The number of halogens is 1. The Kier molecular flexibility index (Phi) is 2.49. The first-order valence-electron chi connectivity index (χ1n) is 6.60. The van der Waals surface area contributed by atoms with Crippen molar-refractivity contribution in [3.63, 3.8) is 0 Å². The molecule has 1 atom stereocenters. The Labute approximate surface area is 116 Å². The van der Waals surface area contributed by atoms with Gasteiger partial charge in [0.15, 0.2) is 0 Å². The van der Waals surface area contributed by atoms with E-state index >= 15 is 0 Å². The summed E-state index contributed by atoms with van der Waals surface area (Å²) in [7, 11) is 0. The molecule has 1 aromatic heterocycles. The number of rotatable bonds is 1. The zero-order chi connectivity index (χ0) is 12.8. The lowest BCUT2D eigenvalue weighted by Gasteiger charge is -2.10. The second-order valence-corrected chi connectivity index (χ2v) is 5.41. The summed E-state index contributed by atoms with van der Waals surface area (Å²) in [5.41, 5.74) is 3.42. The van der Waals surface area contributed by atoms with Crippen molar-refractivity contribution in [1.82, 2.24) is 9.97 Å². The van der Waals surface area contributed by atoms with Crippen LogP contribution in [0.2, 0.25) is 5.15 Å². The van der Waals surface area contributed by atoms with Crippen molar-refractivity contribution in [1.29, 1.82) is 0 Å². The molecular weight excluding hydrogens is 260 g/mol. The van der Waals surface area contributed by atoms with E-state index in [0.29, 0.717) is 11.8 Å². The van der Waals surface area contributed by atoms with Gasteiger partial charge >= 0.3 is 0 Å². The zero-order valence-corrected chi connectivity index (χ0v) is 11.2. The number of para-hydroxylation sites is 1. The summed E-state index contributed by atoms with van der Waals surface area (Å²) >= 11 is 6.29. The lowest BCUT2D eigenvalue weighted by molar-refractivity contribution is 0.339. The van der Waals surface area contributed by atoms with Crippen LogP contribution < -0.4 is 4.74 Å². The minimum absolute atomic E-state index is 0.111. The van der Waals surface area contributed by atoms with E-state index in [4.69, 9.17) is 21.3 Å². The molecular formula is C15H13ClN2O. The maximum Gasteiger partial charge on any atom is 0.141 e. The normalized spacial score (nSPS) is 19.9. The van der Waals surface area contributed by atoms with E-state index in [0.717, 1.165) is 47.7 Å². The monoisotopic (exact) mass is 272 g/mol. The molecule has 4 heteroatoms. The molecule has 3 nitrogen and oxygen atoms in total. The van der Waals surface area contributed by atoms with E-state index < -0.39 is 0 Å². The number of benzene rings is 1. The Morgan fingerprint density at radius 1 is 1.16 bits per heavy atom. The molecule has 0 radical (unpaired) electrons. The van der Waals surface area contributed by atoms with Crippen LogP contribution in [0.15, 0.2) is 24.3 Å². The van der Waals surface area contributed by atoms with E-state index in [1.165, 1.54) is 0 Å². The molecule has 2 heterocycles. The van der Waals surface area contributed by atoms with Crippen molar-refractivity contribution < 1.29 is 4.74 Å². The smallest absolute Gasteiger partial charge is 0.141 e. The summed E-state index contributed by atoms with van der Waals surface area (Å²) in [4.78, 5) is 9.22. The predicted octanol–water partition coefficient (Wildman–Crippen LogP) is 3.14. The number of aryl methyl sites for hydroxylation is 1. The van der Waals surface area contributed by atoms with Gasteiger partial charge in [0.05, 0.1) is 5.92 Å². The van der Waals surface area contributed by atoms with Crippen LogP contribution >= 0.6 is 11.6 Å². The van der Waals surface area contributed by atoms with Gasteiger partial charge in [0.2, 0.25) is 0 Å². The highest BCUT2D eigenvalue weighted by Crippen LogP contribution is 2.38. The maximum absolute atomic E-state index is 6.29. The van der Waals surface area contributed by atoms with Crippen LogP contribution in [-0.2, 0) is 12.8 Å². The Morgan fingerprint density at radius 3 is 3.00 bits per heavy atom. The average molecular weight is 273 g/mol. The fourth-order valence-corrected chi connectivity index (χ4v) is 3.23. The molecule has 4 rings (SSSR count). The molecule has 0 bridgehead atoms. The highest BCUT2D eigenvalue weighted by molar-refractivity contribution is 6.30. The van der Waals surface area contributed by atoms with E-state index in [-0.39, 0.29) is 5.92 Å². The van der Waals surface area contributed by atoms with Crippen LogP contribution in [-0.4, -0.2) is 16.6 Å². The Bertz CT molecular complexity index is 657. The van der Waals surface area contributed by atoms with Gasteiger partial charge in [-0.2, -0.15) is 0 Å². The van der Waals surface area contributed by atoms with Crippen LogP contribution in [0.3, 0.4) is 0 Å². The SMILES string of the molecule is Clc1nc(C2COc3ccccc32)nc2c1CCC2. The predicted molar refractivity (Wildman–Crippen MR) is 72.8 cm³/mol. The minimum Gasteiger partial charge on any atom is -0.492 e. The fraction of sp³-hybridized carbons (Fsp3) is 0.333. The molecule has 0 N–H and O–H groups in total. The molecule has 1 aliphatic carbocycles. The van der Waals surface area contributed by atoms with E-state index in [1.807, 2.05) is 18.2 Å². The van der Waals surface area contributed by atoms with Crippen LogP contribution in [0, 0.1) is 0 Å². The molecule has 1 unspecified atom stereocenters. The van der Waals surface area contributed by atoms with Crippen molar-refractivity contribution in [3.05, 3.63) is 52.1 Å². The summed E-state index contributed by atoms with van der Waals surface area (Å²) in [6, 6.07) is 8.08. The molecule has 2 aliphatic rings. The second kappa shape index (κ2) is 4.20. The van der Waals surface area contributed by atoms with Crippen molar-refractivity contribution in [2.24, 2.45) is 0 Å². The Balaban J connectivity index is 1.81. The fourth-order valence-electron chi connectivity index (χ4n) is 2.94. The van der Waals surface area contributed by atoms with Gasteiger partial charge in [0.1, 0.15) is 23.3 Å². The number of hydrogen-bond donors (Lipinski definition) is 0. The second-order valence-electron chi connectivity index (χ2n) is 5.05. The third-order valence-electron chi connectivity index (χ3n) is 3.91. The molecule has 1 aromatic carbocycles. The summed E-state index contributed by atoms with van der Waals surface area (Å²) in [6.07, 6.45) is 3.15. The topological polar surface area (TPSA) is 35.0 Å². The van der Waals surface area contributed by atoms with Crippen LogP contribution in [0.5, 0.6) is 5.75 Å². The Hall–Kier alpha value is -1.61. The highest BCUT2D eigenvalue weighted by Gasteiger charge is 2.29. The maximum atomic E-state index is 6.29. The molecule has 0 saturated heterocycles. The van der Waals surface area contributed by atoms with Gasteiger partial charge in [-0.15, -0.1) is 0 Å². The molecule has 1 aliphatic heterocycles. The van der Waals surface area contributed by atoms with E-state index in [9.17, 15) is 0 Å². The third kappa shape index (κ3) is 1.72. The quantitative estimate of drug-likeness (QED) is 0.748. The lowest BCUT2D eigenvalue weighted by atomic mass is 10.0. The van der Waals surface area contributed by atoms with E-state index in [2.05, 4.69) is 11.1 Å². The molecule has 19 heavy (non-hydrogen) atoms. The first kappa shape index (κ1) is 11.2. The summed E-state index contributed by atoms with van der Waals surface area (Å²) < 4.78 is 5.70. The van der Waals surface area contributed by atoms with E-state index in [1.54, 1.807) is 0 Å². The van der Waals surface area contributed by atoms with Crippen molar-refractivity contribution in [2.75, 3.05) is 6.61 Å². The molecule has 2 aromatic rings. The number of aromatic nitrogens is 2. The van der Waals surface area contributed by atoms with Crippen LogP contribution in [0.1, 0.15) is 35.0 Å². The first-order chi connectivity index (χ1) is 9.33. The average Bonchev–Trinajstić information content (AvgIpc) is 3.04. The van der Waals surface area contributed by atoms with Gasteiger partial charge in [-0.1, -0.05) is 29.8 Å². The van der Waals surface area contributed by atoms with Crippen molar-refractivity contribution >= 4 is 11.6 Å². The minimum atomic E-state index is 0.111. The van der Waals surface area contributed by atoms with Crippen molar-refractivity contribution in [3.8, 4) is 5.75 Å². The lowest BCUT2D eigenvalue weighted by Crippen LogP contribution is -2.10.